The van der Waals surface area contributed by atoms with E-state index in [1.165, 1.54) is 21.3 Å². The number of ether oxygens (including phenoxy) is 4. The molecule has 1 aliphatic heterocycles. The number of aryl methyl sites for hydroxylation is 1. The van der Waals surface area contributed by atoms with Crippen molar-refractivity contribution in [1.29, 1.82) is 0 Å². The lowest BCUT2D eigenvalue weighted by molar-refractivity contribution is -0.387. The first kappa shape index (κ1) is 39.2. The zero-order valence-corrected chi connectivity index (χ0v) is 30.8. The zero-order valence-electron chi connectivity index (χ0n) is 29.2. The molecule has 0 bridgehead atoms. The van der Waals surface area contributed by atoms with Gasteiger partial charge in [0.25, 0.3) is 0 Å². The molecule has 11 nitrogen and oxygen atoms in total. The minimum Gasteiger partial charge on any atom is -1.00 e. The second kappa shape index (κ2) is 16.8. The van der Waals surface area contributed by atoms with Gasteiger partial charge in [0, 0.05) is 53.6 Å². The number of hydrogen-bond donors (Lipinski definition) is 3. The Labute approximate surface area is 287 Å². The Hall–Kier alpha value is -3.93. The summed E-state index contributed by atoms with van der Waals surface area (Å²) in [5.41, 5.74) is 9.72. The maximum atomic E-state index is 13.3. The summed E-state index contributed by atoms with van der Waals surface area (Å²) in [6.45, 7) is 13.4. The van der Waals surface area contributed by atoms with Crippen LogP contribution in [0.15, 0.2) is 16.8 Å². The molecule has 2 aromatic rings. The molecule has 0 amide bonds. The third kappa shape index (κ3) is 10.0. The fraction of sp³-hybridized carbons (Fsp3) is 0.514. The molecule has 3 rings (SSSR count). The number of allylic oxidation sites excluding steroid dienone is 2. The molecule has 0 radical (unpaired) electrons. The molecule has 0 unspecified atom stereocenters. The molecule has 0 aliphatic carbocycles. The number of H-pyrrole nitrogens is 2. The molecule has 3 N–H and O–H groups in total. The number of esters is 4. The number of rotatable bonds is 13. The van der Waals surface area contributed by atoms with Gasteiger partial charge in [-0.25, -0.2) is 9.79 Å². The maximum Gasteiger partial charge on any atom is 0.355 e. The van der Waals surface area contributed by atoms with E-state index in [0.29, 0.717) is 43.4 Å². The van der Waals surface area contributed by atoms with Crippen molar-refractivity contribution in [3.63, 3.8) is 0 Å². The van der Waals surface area contributed by atoms with E-state index in [0.717, 1.165) is 56.3 Å². The Morgan fingerprint density at radius 3 is 1.83 bits per heavy atom. The summed E-state index contributed by atoms with van der Waals surface area (Å²) in [5.74, 6) is -1.43. The lowest BCUT2D eigenvalue weighted by atomic mass is 9.96. The van der Waals surface area contributed by atoms with Crippen molar-refractivity contribution in [3.05, 3.63) is 61.9 Å². The van der Waals surface area contributed by atoms with Crippen LogP contribution in [0.5, 0.6) is 0 Å². The highest BCUT2D eigenvalue weighted by molar-refractivity contribution is 6.01. The third-order valence-electron chi connectivity index (χ3n) is 8.29. The first-order chi connectivity index (χ1) is 21.6. The van der Waals surface area contributed by atoms with Gasteiger partial charge in [0.05, 0.1) is 27.8 Å². The van der Waals surface area contributed by atoms with Gasteiger partial charge in [0.1, 0.15) is 11.3 Å². The van der Waals surface area contributed by atoms with Crippen LogP contribution < -0.4 is 22.0 Å². The van der Waals surface area contributed by atoms with Crippen LogP contribution in [0, 0.1) is 20.8 Å². The molecule has 0 fully saturated rings. The summed E-state index contributed by atoms with van der Waals surface area (Å²) < 4.78 is 20.3. The largest absolute Gasteiger partial charge is 1.00 e. The minimum atomic E-state index is -0.703. The highest BCUT2D eigenvalue weighted by Crippen LogP contribution is 2.28. The van der Waals surface area contributed by atoms with Crippen LogP contribution >= 0.6 is 0 Å². The monoisotopic (exact) mass is 717 g/mol. The number of aromatic nitrogens is 2. The molecule has 0 atom stereocenters. The molecular weight excluding hydrogens is 670 g/mol. The summed E-state index contributed by atoms with van der Waals surface area (Å²) in [6.07, 6.45) is 4.41. The first-order valence-corrected chi connectivity index (χ1v) is 15.5. The molecule has 3 heterocycles. The molecule has 0 aromatic carbocycles. The average Bonchev–Trinajstić information content (AvgIpc) is 3.57. The van der Waals surface area contributed by atoms with E-state index in [4.69, 9.17) is 18.9 Å². The smallest absolute Gasteiger partial charge is 0.355 e. The molecule has 0 saturated heterocycles. The number of nitrogens with one attached hydrogen (secondary N) is 3. The summed E-state index contributed by atoms with van der Waals surface area (Å²) in [4.78, 5) is 59.5. The second-order valence-electron chi connectivity index (χ2n) is 12.5. The van der Waals surface area contributed by atoms with Gasteiger partial charge in [0.15, 0.2) is 5.71 Å². The van der Waals surface area contributed by atoms with Gasteiger partial charge < -0.3 is 45.9 Å². The number of carbonyl (C=O) groups excluding carboxylic acids is 4. The van der Waals surface area contributed by atoms with Crippen LogP contribution in [0.3, 0.4) is 0 Å². The highest BCUT2D eigenvalue weighted by Gasteiger charge is 2.32. The van der Waals surface area contributed by atoms with E-state index in [1.807, 2.05) is 33.8 Å². The normalized spacial score (nSPS) is 13.7. The van der Waals surface area contributed by atoms with Crippen LogP contribution in [-0.4, -0.2) is 66.5 Å². The van der Waals surface area contributed by atoms with Gasteiger partial charge in [-0.3, -0.25) is 14.4 Å². The lowest BCUT2D eigenvalue weighted by Crippen LogP contribution is -3.00. The lowest BCUT2D eigenvalue weighted by Gasteiger charge is -2.19. The Balaban J connectivity index is 0.00000768. The van der Waals surface area contributed by atoms with Crippen molar-refractivity contribution in [2.24, 2.45) is 0 Å². The Morgan fingerprint density at radius 2 is 1.30 bits per heavy atom. The predicted molar refractivity (Wildman–Crippen MR) is 173 cm³/mol. The van der Waals surface area contributed by atoms with Gasteiger partial charge in [-0.15, -0.1) is 0 Å². The van der Waals surface area contributed by atoms with Gasteiger partial charge in [0.2, 0.25) is 5.70 Å². The van der Waals surface area contributed by atoms with E-state index < -0.39 is 11.6 Å². The van der Waals surface area contributed by atoms with Crippen LogP contribution in [0.2, 0.25) is 0 Å². The zero-order chi connectivity index (χ0) is 34.3. The van der Waals surface area contributed by atoms with Gasteiger partial charge in [-0.05, 0) is 90.0 Å². The standard InChI is InChI=1S/C35H47N3O8.BrH/c1-19-23(11-14-30(39)43-8)22(4)36-26(19)17-27-20(2)24(12-15-31(40)44-9)29(37-27)18-28-21(3)25(13-16-32(41)45-10)33(38-28)34(42)46-35(5,6)7;/h17,36,38H,11-16,18H2,1-10H3;1H/b27-17-;. The topological polar surface area (TPSA) is 151 Å². The molecule has 47 heavy (non-hydrogen) atoms. The number of halogens is 1. The fourth-order valence-electron chi connectivity index (χ4n) is 5.68. The van der Waals surface area contributed by atoms with E-state index in [2.05, 4.69) is 15.0 Å². The second-order valence-corrected chi connectivity index (χ2v) is 12.5. The Kier molecular flexibility index (Phi) is 14.0. The van der Waals surface area contributed by atoms with E-state index in [-0.39, 0.29) is 47.7 Å². The van der Waals surface area contributed by atoms with Gasteiger partial charge in [-0.2, -0.15) is 0 Å². The van der Waals surface area contributed by atoms with E-state index >= 15 is 0 Å². The van der Waals surface area contributed by atoms with Crippen LogP contribution in [0.1, 0.15) is 103 Å². The SMILES string of the molecule is COC(=O)CCC1=C(C)/C(=C/c2[nH]c(C)c(CCC(=O)OC)c2C)[NH+]=C1Cc1[nH]c(C(=O)OC(C)(C)C)c(CCC(=O)OC)c1C.[Br-]. The number of carbonyl (C=O) groups is 4. The molecule has 0 saturated carbocycles. The van der Waals surface area contributed by atoms with Crippen molar-refractivity contribution in [2.75, 3.05) is 21.3 Å². The van der Waals surface area contributed by atoms with Crippen molar-refractivity contribution in [3.8, 4) is 0 Å². The van der Waals surface area contributed by atoms with Crippen LogP contribution in [-0.2, 0) is 52.6 Å². The van der Waals surface area contributed by atoms with Crippen LogP contribution in [0.25, 0.3) is 6.08 Å². The molecule has 2 aromatic heterocycles. The quantitative estimate of drug-likeness (QED) is 0.204. The summed E-state index contributed by atoms with van der Waals surface area (Å²) in [6, 6.07) is 0. The minimum absolute atomic E-state index is 0. The van der Waals surface area contributed by atoms with Crippen molar-refractivity contribution in [2.45, 2.75) is 99.0 Å². The van der Waals surface area contributed by atoms with Gasteiger partial charge in [-0.1, -0.05) is 0 Å². The molecular formula is C35H48BrN3O8. The molecule has 0 spiro atoms. The number of methoxy groups -OCH3 is 3. The summed E-state index contributed by atoms with van der Waals surface area (Å²) >= 11 is 0. The highest BCUT2D eigenvalue weighted by atomic mass is 79.9. The first-order valence-electron chi connectivity index (χ1n) is 15.5. The maximum absolute atomic E-state index is 13.3. The summed E-state index contributed by atoms with van der Waals surface area (Å²) in [5, 5.41) is 0. The third-order valence-corrected chi connectivity index (χ3v) is 8.29. The molecule has 12 heteroatoms. The molecule has 1 aliphatic rings. The fourth-order valence-corrected chi connectivity index (χ4v) is 5.68. The van der Waals surface area contributed by atoms with Crippen molar-refractivity contribution < 1.29 is 60.1 Å². The van der Waals surface area contributed by atoms with E-state index in [9.17, 15) is 19.2 Å². The van der Waals surface area contributed by atoms with Crippen molar-refractivity contribution >= 4 is 35.7 Å². The van der Waals surface area contributed by atoms with Crippen LogP contribution in [0.4, 0.5) is 0 Å². The van der Waals surface area contributed by atoms with Crippen molar-refractivity contribution in [1.82, 2.24) is 9.97 Å². The number of aromatic amines is 2. The predicted octanol–water partition coefficient (Wildman–Crippen LogP) is 0.827. The Bertz CT molecular complexity index is 1600. The van der Waals surface area contributed by atoms with E-state index in [1.54, 1.807) is 20.8 Å². The number of hydrogen-bond acceptors (Lipinski definition) is 8. The summed E-state index contributed by atoms with van der Waals surface area (Å²) in [7, 11) is 4.10. The average molecular weight is 719 g/mol. The van der Waals surface area contributed by atoms with Gasteiger partial charge >= 0.3 is 23.9 Å². The Morgan fingerprint density at radius 1 is 0.766 bits per heavy atom. The molecule has 258 valence electrons.